The van der Waals surface area contributed by atoms with Crippen molar-refractivity contribution in [2.45, 2.75) is 33.2 Å². The molecule has 7 heteroatoms. The number of amides is 1. The molecule has 118 valence electrons. The predicted octanol–water partition coefficient (Wildman–Crippen LogP) is 1.36. The third-order valence-electron chi connectivity index (χ3n) is 3.14. The van der Waals surface area contributed by atoms with Gasteiger partial charge in [-0.05, 0) is 38.0 Å². The average Bonchev–Trinajstić information content (AvgIpc) is 2.44. The molecular weight excluding hydrogens is 290 g/mol. The lowest BCUT2D eigenvalue weighted by Gasteiger charge is -2.21. The van der Waals surface area contributed by atoms with E-state index in [0.717, 1.165) is 12.0 Å². The maximum atomic E-state index is 11.9. The van der Waals surface area contributed by atoms with Gasteiger partial charge >= 0.3 is 0 Å². The van der Waals surface area contributed by atoms with Gasteiger partial charge in [-0.2, -0.15) is 17.4 Å². The minimum atomic E-state index is -3.64. The molecule has 0 bridgehead atoms. The summed E-state index contributed by atoms with van der Waals surface area (Å²) in [5, 5.41) is 2.67. The van der Waals surface area contributed by atoms with Gasteiger partial charge in [-0.15, -0.1) is 0 Å². The van der Waals surface area contributed by atoms with Gasteiger partial charge in [0.1, 0.15) is 0 Å². The van der Waals surface area contributed by atoms with E-state index < -0.39 is 16.1 Å². The number of rotatable bonds is 7. The molecule has 0 saturated heterocycles. The summed E-state index contributed by atoms with van der Waals surface area (Å²) in [4.78, 5) is 11.8. The third kappa shape index (κ3) is 5.45. The zero-order valence-corrected chi connectivity index (χ0v) is 13.7. The van der Waals surface area contributed by atoms with Gasteiger partial charge < -0.3 is 5.32 Å². The average molecular weight is 313 g/mol. The maximum Gasteiger partial charge on any atom is 0.279 e. The molecule has 0 aliphatic rings. The Balaban J connectivity index is 2.58. The van der Waals surface area contributed by atoms with Crippen LogP contribution in [0.4, 0.5) is 5.69 Å². The molecule has 6 nitrogen and oxygen atoms in total. The number of nitrogens with zero attached hydrogens (tertiary/aromatic N) is 1. The Bertz CT molecular complexity index is 585. The summed E-state index contributed by atoms with van der Waals surface area (Å²) >= 11 is 0. The van der Waals surface area contributed by atoms with Crippen LogP contribution in [0.1, 0.15) is 26.3 Å². The van der Waals surface area contributed by atoms with E-state index in [4.69, 9.17) is 0 Å². The summed E-state index contributed by atoms with van der Waals surface area (Å²) in [6, 6.07) is 7.28. The highest BCUT2D eigenvalue weighted by Crippen LogP contribution is 2.10. The Morgan fingerprint density at radius 1 is 1.33 bits per heavy atom. The van der Waals surface area contributed by atoms with Crippen molar-refractivity contribution in [3.05, 3.63) is 29.8 Å². The first kappa shape index (κ1) is 17.6. The second-order valence-electron chi connectivity index (χ2n) is 5.04. The van der Waals surface area contributed by atoms with Crippen LogP contribution in [0.15, 0.2) is 24.3 Å². The fourth-order valence-corrected chi connectivity index (χ4v) is 2.68. The Hall–Kier alpha value is -1.44. The summed E-state index contributed by atoms with van der Waals surface area (Å²) < 4.78 is 27.2. The minimum Gasteiger partial charge on any atom is -0.325 e. The molecule has 1 aromatic rings. The van der Waals surface area contributed by atoms with E-state index in [1.54, 1.807) is 19.9 Å². The SMILES string of the molecule is CCc1cccc(NC(=O)CNS(=O)(=O)N(C)C(C)C)c1. The Kier molecular flexibility index (Phi) is 6.32. The van der Waals surface area contributed by atoms with Gasteiger partial charge in [0, 0.05) is 18.8 Å². The van der Waals surface area contributed by atoms with Crippen molar-refractivity contribution in [3.8, 4) is 0 Å². The van der Waals surface area contributed by atoms with Crippen molar-refractivity contribution in [2.75, 3.05) is 18.9 Å². The molecule has 1 amide bonds. The predicted molar refractivity (Wildman–Crippen MR) is 84.3 cm³/mol. The molecule has 0 atom stereocenters. The van der Waals surface area contributed by atoms with E-state index in [1.165, 1.54) is 11.4 Å². The highest BCUT2D eigenvalue weighted by atomic mass is 32.2. The number of anilines is 1. The van der Waals surface area contributed by atoms with Crippen LogP contribution in [-0.2, 0) is 21.4 Å². The molecule has 0 aromatic heterocycles. The second kappa shape index (κ2) is 7.53. The van der Waals surface area contributed by atoms with E-state index in [2.05, 4.69) is 10.0 Å². The number of aryl methyl sites for hydroxylation is 1. The normalized spacial score (nSPS) is 11.9. The number of hydrogen-bond acceptors (Lipinski definition) is 3. The van der Waals surface area contributed by atoms with Crippen LogP contribution < -0.4 is 10.0 Å². The molecule has 1 rings (SSSR count). The second-order valence-corrected chi connectivity index (χ2v) is 6.85. The molecule has 0 spiro atoms. The van der Waals surface area contributed by atoms with Gasteiger partial charge in [-0.1, -0.05) is 19.1 Å². The van der Waals surface area contributed by atoms with E-state index in [-0.39, 0.29) is 12.6 Å². The van der Waals surface area contributed by atoms with Gasteiger partial charge in [-0.3, -0.25) is 4.79 Å². The maximum absolute atomic E-state index is 11.9. The first-order valence-electron chi connectivity index (χ1n) is 6.87. The molecule has 0 fully saturated rings. The first-order valence-corrected chi connectivity index (χ1v) is 8.31. The van der Waals surface area contributed by atoms with Crippen LogP contribution in [0.3, 0.4) is 0 Å². The molecule has 0 aliphatic heterocycles. The van der Waals surface area contributed by atoms with Crippen LogP contribution in [0.25, 0.3) is 0 Å². The van der Waals surface area contributed by atoms with Crippen molar-refractivity contribution >= 4 is 21.8 Å². The largest absolute Gasteiger partial charge is 0.325 e. The Morgan fingerprint density at radius 2 is 2.00 bits per heavy atom. The summed E-state index contributed by atoms with van der Waals surface area (Å²) in [5.74, 6) is -0.399. The van der Waals surface area contributed by atoms with Gasteiger partial charge in [0.2, 0.25) is 5.91 Å². The van der Waals surface area contributed by atoms with Crippen LogP contribution in [0, 0.1) is 0 Å². The lowest BCUT2D eigenvalue weighted by Crippen LogP contribution is -2.44. The Morgan fingerprint density at radius 3 is 2.57 bits per heavy atom. The molecule has 0 unspecified atom stereocenters. The van der Waals surface area contributed by atoms with Crippen LogP contribution in [0.2, 0.25) is 0 Å². The highest BCUT2D eigenvalue weighted by molar-refractivity contribution is 7.87. The minimum absolute atomic E-state index is 0.174. The first-order chi connectivity index (χ1) is 9.76. The lowest BCUT2D eigenvalue weighted by molar-refractivity contribution is -0.115. The summed E-state index contributed by atoms with van der Waals surface area (Å²) in [7, 11) is -2.17. The van der Waals surface area contributed by atoms with Crippen molar-refractivity contribution < 1.29 is 13.2 Å². The van der Waals surface area contributed by atoms with Crippen molar-refractivity contribution in [3.63, 3.8) is 0 Å². The Labute approximate surface area is 126 Å². The van der Waals surface area contributed by atoms with Crippen LogP contribution in [0.5, 0.6) is 0 Å². The van der Waals surface area contributed by atoms with Gasteiger partial charge in [0.15, 0.2) is 0 Å². The van der Waals surface area contributed by atoms with Gasteiger partial charge in [0.25, 0.3) is 10.2 Å². The van der Waals surface area contributed by atoms with E-state index >= 15 is 0 Å². The fourth-order valence-electron chi connectivity index (χ4n) is 1.61. The number of nitrogens with one attached hydrogen (secondary N) is 2. The van der Waals surface area contributed by atoms with Crippen molar-refractivity contribution in [1.29, 1.82) is 0 Å². The standard InChI is InChI=1S/C14H23N3O3S/c1-5-12-7-6-8-13(9-12)16-14(18)10-15-21(19,20)17(4)11(2)3/h6-9,11,15H,5,10H2,1-4H3,(H,16,18). The highest BCUT2D eigenvalue weighted by Gasteiger charge is 2.20. The fraction of sp³-hybridized carbons (Fsp3) is 0.500. The smallest absolute Gasteiger partial charge is 0.279 e. The molecule has 0 radical (unpaired) electrons. The zero-order valence-electron chi connectivity index (χ0n) is 12.9. The summed E-state index contributed by atoms with van der Waals surface area (Å²) in [6.45, 7) is 5.25. The van der Waals surface area contributed by atoms with Crippen molar-refractivity contribution in [2.24, 2.45) is 0 Å². The quantitative estimate of drug-likeness (QED) is 0.798. The summed E-state index contributed by atoms with van der Waals surface area (Å²) in [5.41, 5.74) is 1.77. The van der Waals surface area contributed by atoms with E-state index in [9.17, 15) is 13.2 Å². The third-order valence-corrected chi connectivity index (χ3v) is 4.83. The number of hydrogen-bond donors (Lipinski definition) is 2. The topological polar surface area (TPSA) is 78.5 Å². The molecule has 0 saturated carbocycles. The lowest BCUT2D eigenvalue weighted by atomic mass is 10.1. The summed E-state index contributed by atoms with van der Waals surface area (Å²) in [6.07, 6.45) is 0.871. The molecular formula is C14H23N3O3S. The van der Waals surface area contributed by atoms with Gasteiger partial charge in [-0.25, -0.2) is 0 Å². The molecule has 0 aliphatic carbocycles. The molecule has 1 aromatic carbocycles. The number of carbonyl (C=O) groups excluding carboxylic acids is 1. The number of carbonyl (C=O) groups is 1. The zero-order chi connectivity index (χ0) is 16.0. The number of benzene rings is 1. The van der Waals surface area contributed by atoms with Gasteiger partial charge in [0.05, 0.1) is 6.54 Å². The van der Waals surface area contributed by atoms with Crippen LogP contribution >= 0.6 is 0 Å². The van der Waals surface area contributed by atoms with E-state index in [0.29, 0.717) is 5.69 Å². The van der Waals surface area contributed by atoms with E-state index in [1.807, 2.05) is 25.1 Å². The van der Waals surface area contributed by atoms with Crippen LogP contribution in [-0.4, -0.2) is 38.3 Å². The molecule has 21 heavy (non-hydrogen) atoms. The molecule has 2 N–H and O–H groups in total. The molecule has 0 heterocycles. The van der Waals surface area contributed by atoms with Crippen molar-refractivity contribution in [1.82, 2.24) is 9.03 Å². The monoisotopic (exact) mass is 313 g/mol.